The van der Waals surface area contributed by atoms with Crippen LogP contribution in [0.1, 0.15) is 56.7 Å². The van der Waals surface area contributed by atoms with Gasteiger partial charge in [-0.15, -0.1) is 0 Å². The van der Waals surface area contributed by atoms with Crippen LogP contribution in [0.4, 0.5) is 4.79 Å². The van der Waals surface area contributed by atoms with E-state index >= 15 is 0 Å². The van der Waals surface area contributed by atoms with Gasteiger partial charge in [0.25, 0.3) is 0 Å². The molecule has 1 aliphatic rings. The number of fused-ring (bicyclic) bond motifs is 1. The van der Waals surface area contributed by atoms with E-state index < -0.39 is 16.1 Å². The summed E-state index contributed by atoms with van der Waals surface area (Å²) in [5.41, 5.74) is 2.32. The predicted octanol–water partition coefficient (Wildman–Crippen LogP) is 6.41. The third-order valence-electron chi connectivity index (χ3n) is 5.15. The lowest BCUT2D eigenvalue weighted by molar-refractivity contribution is -0.108. The maximum Gasteiger partial charge on any atom is 0.411 e. The number of halogens is 1. The molecule has 0 saturated heterocycles. The zero-order chi connectivity index (χ0) is 23.2. The zero-order valence-corrected chi connectivity index (χ0v) is 20.4. The fourth-order valence-electron chi connectivity index (χ4n) is 3.67. The molecule has 32 heavy (non-hydrogen) atoms. The summed E-state index contributed by atoms with van der Waals surface area (Å²) in [6.45, 7) is 6.39. The molecule has 1 aliphatic carbocycles. The van der Waals surface area contributed by atoms with Gasteiger partial charge in [0, 0.05) is 24.9 Å². The first-order valence-electron chi connectivity index (χ1n) is 10.8. The van der Waals surface area contributed by atoms with Crippen LogP contribution in [-0.4, -0.2) is 29.4 Å². The van der Waals surface area contributed by atoms with Crippen molar-refractivity contribution in [3.8, 4) is 0 Å². The van der Waals surface area contributed by atoms with Crippen molar-refractivity contribution in [1.29, 1.82) is 0 Å². The first kappa shape index (κ1) is 24.1. The molecule has 0 bridgehead atoms. The first-order valence-corrected chi connectivity index (χ1v) is 11.6. The number of nitrogens with zero attached hydrogens (tertiary/aromatic N) is 1. The number of carbonyl (C=O) groups excluding carboxylic acids is 2. The van der Waals surface area contributed by atoms with Crippen molar-refractivity contribution in [2.45, 2.75) is 56.7 Å². The smallest absolute Gasteiger partial charge is 0.411 e. The summed E-state index contributed by atoms with van der Waals surface area (Å²) in [6, 6.07) is 17.9. The molecule has 1 amide bonds. The van der Waals surface area contributed by atoms with E-state index in [9.17, 15) is 9.59 Å². The van der Waals surface area contributed by atoms with Crippen LogP contribution in [-0.2, 0) is 25.3 Å². The Balaban J connectivity index is 1.91. The highest BCUT2D eigenvalue weighted by atomic mass is 79.9. The van der Waals surface area contributed by atoms with Crippen molar-refractivity contribution < 1.29 is 19.1 Å². The average Bonchev–Trinajstić information content (AvgIpc) is 2.76. The van der Waals surface area contributed by atoms with Crippen LogP contribution in [0.3, 0.4) is 0 Å². The van der Waals surface area contributed by atoms with Gasteiger partial charge < -0.3 is 14.3 Å². The van der Waals surface area contributed by atoms with Gasteiger partial charge in [-0.25, -0.2) is 4.79 Å². The van der Waals surface area contributed by atoms with E-state index in [1.807, 2.05) is 81.4 Å². The van der Waals surface area contributed by atoms with E-state index in [0.29, 0.717) is 32.4 Å². The monoisotopic (exact) mass is 499 g/mol. The van der Waals surface area contributed by atoms with Crippen LogP contribution in [0.15, 0.2) is 60.7 Å². The van der Waals surface area contributed by atoms with Gasteiger partial charge in [-0.2, -0.15) is 0 Å². The Kier molecular flexibility index (Phi) is 7.77. The standard InChI is InChI=1S/C26H30BrNO4/c1-25(2,3)32-24(30)28(17-9-10-18-29)26(27)16-15-23(21-13-7-8-14-22(21)26)31-19-20-11-5-4-6-12-20/h4-8,11-15,18H,9-10,16-17,19H2,1-3H3. The van der Waals surface area contributed by atoms with Gasteiger partial charge in [-0.3, -0.25) is 4.90 Å². The minimum Gasteiger partial charge on any atom is -0.489 e. The highest BCUT2D eigenvalue weighted by Crippen LogP contribution is 2.47. The number of benzene rings is 2. The molecule has 0 aliphatic heterocycles. The molecule has 0 saturated carbocycles. The maximum absolute atomic E-state index is 13.2. The number of aldehydes is 1. The van der Waals surface area contributed by atoms with Gasteiger partial charge >= 0.3 is 6.09 Å². The second-order valence-electron chi connectivity index (χ2n) is 8.79. The minimum atomic E-state index is -0.797. The molecule has 1 unspecified atom stereocenters. The van der Waals surface area contributed by atoms with Crippen molar-refractivity contribution >= 4 is 34.1 Å². The van der Waals surface area contributed by atoms with E-state index in [1.165, 1.54) is 0 Å². The van der Waals surface area contributed by atoms with Gasteiger partial charge in [0.05, 0.1) is 0 Å². The molecule has 0 radical (unpaired) electrons. The fraction of sp³-hybridized carbons (Fsp3) is 0.385. The SMILES string of the molecule is CC(C)(C)OC(=O)N(CCCC=O)C1(Br)CC=C(OCc2ccccc2)c2ccccc21. The van der Waals surface area contributed by atoms with Crippen molar-refractivity contribution in [3.05, 3.63) is 77.4 Å². The molecule has 1 atom stereocenters. The van der Waals surface area contributed by atoms with Crippen LogP contribution >= 0.6 is 15.9 Å². The Morgan fingerprint density at radius 1 is 1.12 bits per heavy atom. The Morgan fingerprint density at radius 3 is 2.50 bits per heavy atom. The molecule has 2 aromatic rings. The number of rotatable bonds is 8. The third kappa shape index (κ3) is 5.80. The number of carbonyl (C=O) groups is 2. The quantitative estimate of drug-likeness (QED) is 0.182. The topological polar surface area (TPSA) is 55.8 Å². The number of alkyl halides is 1. The average molecular weight is 500 g/mol. The van der Waals surface area contributed by atoms with Gasteiger partial charge in [-0.05, 0) is 44.4 Å². The molecule has 170 valence electrons. The summed E-state index contributed by atoms with van der Waals surface area (Å²) in [4.78, 5) is 25.8. The Bertz CT molecular complexity index is 967. The predicted molar refractivity (Wildman–Crippen MR) is 129 cm³/mol. The van der Waals surface area contributed by atoms with Crippen LogP contribution < -0.4 is 0 Å². The van der Waals surface area contributed by atoms with E-state index in [-0.39, 0.29) is 0 Å². The summed E-state index contributed by atoms with van der Waals surface area (Å²) >= 11 is 3.88. The Hall–Kier alpha value is -2.60. The summed E-state index contributed by atoms with van der Waals surface area (Å²) < 4.78 is 11.1. The summed E-state index contributed by atoms with van der Waals surface area (Å²) in [6.07, 6.45) is 3.91. The fourth-order valence-corrected chi connectivity index (χ4v) is 4.50. The lowest BCUT2D eigenvalue weighted by Gasteiger charge is -2.43. The van der Waals surface area contributed by atoms with E-state index in [4.69, 9.17) is 9.47 Å². The van der Waals surface area contributed by atoms with Crippen LogP contribution in [0.2, 0.25) is 0 Å². The largest absolute Gasteiger partial charge is 0.489 e. The molecule has 5 nitrogen and oxygen atoms in total. The highest BCUT2D eigenvalue weighted by Gasteiger charge is 2.44. The molecule has 2 aromatic carbocycles. The molecule has 6 heteroatoms. The lowest BCUT2D eigenvalue weighted by atomic mass is 9.90. The second-order valence-corrected chi connectivity index (χ2v) is 10.1. The number of hydrogen-bond acceptors (Lipinski definition) is 4. The summed E-state index contributed by atoms with van der Waals surface area (Å²) in [7, 11) is 0. The summed E-state index contributed by atoms with van der Waals surface area (Å²) in [5, 5.41) is 0. The second kappa shape index (κ2) is 10.3. The lowest BCUT2D eigenvalue weighted by Crippen LogP contribution is -2.49. The molecular formula is C26H30BrNO4. The highest BCUT2D eigenvalue weighted by molar-refractivity contribution is 9.09. The molecule has 0 N–H and O–H groups in total. The third-order valence-corrected chi connectivity index (χ3v) is 6.32. The maximum atomic E-state index is 13.2. The van der Waals surface area contributed by atoms with Crippen molar-refractivity contribution in [1.82, 2.24) is 4.90 Å². The van der Waals surface area contributed by atoms with Crippen molar-refractivity contribution in [3.63, 3.8) is 0 Å². The van der Waals surface area contributed by atoms with Crippen LogP contribution in [0.5, 0.6) is 0 Å². The van der Waals surface area contributed by atoms with E-state index in [2.05, 4.69) is 15.9 Å². The van der Waals surface area contributed by atoms with E-state index in [1.54, 1.807) is 4.90 Å². The van der Waals surface area contributed by atoms with Crippen LogP contribution in [0.25, 0.3) is 5.76 Å². The van der Waals surface area contributed by atoms with Crippen molar-refractivity contribution in [2.75, 3.05) is 6.54 Å². The molecular weight excluding hydrogens is 470 g/mol. The molecule has 0 heterocycles. The van der Waals surface area contributed by atoms with Gasteiger partial charge in [0.1, 0.15) is 28.7 Å². The Morgan fingerprint density at radius 2 is 1.81 bits per heavy atom. The number of hydrogen-bond donors (Lipinski definition) is 0. The van der Waals surface area contributed by atoms with E-state index in [0.717, 1.165) is 28.7 Å². The van der Waals surface area contributed by atoms with Crippen LogP contribution in [0, 0.1) is 0 Å². The zero-order valence-electron chi connectivity index (χ0n) is 18.8. The number of unbranched alkanes of at least 4 members (excludes halogenated alkanes) is 1. The van der Waals surface area contributed by atoms with Gasteiger partial charge in [0.15, 0.2) is 0 Å². The molecule has 3 rings (SSSR count). The first-order chi connectivity index (χ1) is 15.2. The summed E-state index contributed by atoms with van der Waals surface area (Å²) in [5.74, 6) is 0.788. The number of ether oxygens (including phenoxy) is 2. The Labute approximate surface area is 198 Å². The minimum absolute atomic E-state index is 0.380. The van der Waals surface area contributed by atoms with Gasteiger partial charge in [0.2, 0.25) is 0 Å². The normalized spacial score (nSPS) is 17.7. The molecule has 0 aromatic heterocycles. The number of amides is 1. The van der Waals surface area contributed by atoms with Gasteiger partial charge in [-0.1, -0.05) is 70.5 Å². The molecule has 0 fully saturated rings. The van der Waals surface area contributed by atoms with Crippen molar-refractivity contribution in [2.24, 2.45) is 0 Å². The molecule has 0 spiro atoms.